The highest BCUT2D eigenvalue weighted by Gasteiger charge is 2.30. The van der Waals surface area contributed by atoms with Crippen molar-refractivity contribution < 1.29 is 22.8 Å². The van der Waals surface area contributed by atoms with Gasteiger partial charge in [-0.15, -0.1) is 0 Å². The number of amides is 1. The van der Waals surface area contributed by atoms with Gasteiger partial charge in [-0.25, -0.2) is 8.42 Å². The molecule has 7 nitrogen and oxygen atoms in total. The maximum absolute atomic E-state index is 12.9. The van der Waals surface area contributed by atoms with Crippen LogP contribution in [0.4, 0.5) is 5.69 Å². The second-order valence-electron chi connectivity index (χ2n) is 7.01. The van der Waals surface area contributed by atoms with E-state index >= 15 is 0 Å². The molecule has 156 valence electrons. The first-order chi connectivity index (χ1) is 13.8. The lowest BCUT2D eigenvalue weighted by Crippen LogP contribution is -3.13. The van der Waals surface area contributed by atoms with Crippen LogP contribution >= 0.6 is 15.9 Å². The van der Waals surface area contributed by atoms with Crippen molar-refractivity contribution in [3.05, 3.63) is 52.5 Å². The number of methoxy groups -OCH3 is 1. The molecule has 0 saturated carbocycles. The molecule has 2 aromatic rings. The van der Waals surface area contributed by atoms with Crippen LogP contribution in [-0.4, -0.2) is 51.9 Å². The summed E-state index contributed by atoms with van der Waals surface area (Å²) in [4.78, 5) is 12.7. The van der Waals surface area contributed by atoms with Gasteiger partial charge < -0.3 is 15.0 Å². The van der Waals surface area contributed by atoms with Crippen molar-refractivity contribution in [2.24, 2.45) is 0 Å². The molecule has 0 atom stereocenters. The number of rotatable bonds is 6. The molecule has 29 heavy (non-hydrogen) atoms. The van der Waals surface area contributed by atoms with Gasteiger partial charge in [-0.2, -0.15) is 4.31 Å². The molecular formula is C20H25BrN3O4S+. The van der Waals surface area contributed by atoms with Gasteiger partial charge in [0, 0.05) is 18.2 Å². The van der Waals surface area contributed by atoms with E-state index < -0.39 is 10.0 Å². The van der Waals surface area contributed by atoms with E-state index in [2.05, 4.69) is 21.2 Å². The molecule has 0 radical (unpaired) electrons. The molecule has 1 fully saturated rings. The maximum atomic E-state index is 12.9. The summed E-state index contributed by atoms with van der Waals surface area (Å²) in [5.74, 6) is 0.604. The van der Waals surface area contributed by atoms with Gasteiger partial charge in [0.2, 0.25) is 15.9 Å². The summed E-state index contributed by atoms with van der Waals surface area (Å²) < 4.78 is 33.5. The Hall–Kier alpha value is -1.94. The van der Waals surface area contributed by atoms with Gasteiger partial charge in [0.15, 0.2) is 0 Å². The number of carbonyl (C=O) groups is 1. The number of nitrogens with zero attached hydrogens (tertiary/aromatic N) is 1. The van der Waals surface area contributed by atoms with Crippen LogP contribution in [0.5, 0.6) is 5.75 Å². The molecular weight excluding hydrogens is 458 g/mol. The molecule has 0 bridgehead atoms. The fourth-order valence-corrected chi connectivity index (χ4v) is 5.42. The lowest BCUT2D eigenvalue weighted by atomic mass is 10.2. The molecule has 1 amide bonds. The standard InChI is InChI=1S/C20H24BrN3O4S/c1-15(25)22-17-4-6-18(7-5-17)29(26,27)24-11-9-23(10-12-24)14-16-3-8-20(28-2)19(21)13-16/h3-8,13H,9-12,14H2,1-2H3,(H,22,25)/p+1. The summed E-state index contributed by atoms with van der Waals surface area (Å²) in [6.45, 7) is 4.68. The number of halogens is 1. The predicted molar refractivity (Wildman–Crippen MR) is 115 cm³/mol. The Labute approximate surface area is 179 Å². The average molecular weight is 483 g/mol. The molecule has 0 aliphatic carbocycles. The normalized spacial score (nSPS) is 15.8. The molecule has 0 spiro atoms. The number of quaternary nitrogens is 1. The number of piperazine rings is 1. The Balaban J connectivity index is 1.60. The van der Waals surface area contributed by atoms with Crippen LogP contribution in [0.25, 0.3) is 0 Å². The molecule has 1 aliphatic rings. The number of hydrogen-bond acceptors (Lipinski definition) is 4. The van der Waals surface area contributed by atoms with E-state index in [-0.39, 0.29) is 10.8 Å². The van der Waals surface area contributed by atoms with Gasteiger partial charge in [0.25, 0.3) is 0 Å². The zero-order valence-electron chi connectivity index (χ0n) is 16.4. The van der Waals surface area contributed by atoms with E-state index in [1.54, 1.807) is 19.2 Å². The summed E-state index contributed by atoms with van der Waals surface area (Å²) in [6.07, 6.45) is 0. The van der Waals surface area contributed by atoms with Crippen molar-refractivity contribution >= 4 is 37.5 Å². The molecule has 2 aromatic carbocycles. The van der Waals surface area contributed by atoms with Crippen molar-refractivity contribution in [3.8, 4) is 5.75 Å². The number of anilines is 1. The molecule has 2 N–H and O–H groups in total. The highest BCUT2D eigenvalue weighted by molar-refractivity contribution is 9.10. The zero-order valence-corrected chi connectivity index (χ0v) is 18.8. The van der Waals surface area contributed by atoms with E-state index in [0.29, 0.717) is 18.8 Å². The Morgan fingerprint density at radius 3 is 2.38 bits per heavy atom. The number of ether oxygens (including phenoxy) is 1. The van der Waals surface area contributed by atoms with Crippen LogP contribution in [0.15, 0.2) is 51.8 Å². The minimum Gasteiger partial charge on any atom is -0.496 e. The number of nitrogens with one attached hydrogen (secondary N) is 2. The molecule has 1 heterocycles. The fraction of sp³-hybridized carbons (Fsp3) is 0.350. The second-order valence-corrected chi connectivity index (χ2v) is 9.80. The zero-order chi connectivity index (χ0) is 21.0. The number of benzene rings is 2. The fourth-order valence-electron chi connectivity index (χ4n) is 3.39. The van der Waals surface area contributed by atoms with Crippen LogP contribution in [-0.2, 0) is 21.4 Å². The first-order valence-corrected chi connectivity index (χ1v) is 11.6. The van der Waals surface area contributed by atoms with Crippen molar-refractivity contribution in [1.29, 1.82) is 0 Å². The highest BCUT2D eigenvalue weighted by atomic mass is 79.9. The third kappa shape index (κ3) is 5.36. The molecule has 0 unspecified atom stereocenters. The smallest absolute Gasteiger partial charge is 0.243 e. The SMILES string of the molecule is COc1ccc(C[NH+]2CCN(S(=O)(=O)c3ccc(NC(C)=O)cc3)CC2)cc1Br. The lowest BCUT2D eigenvalue weighted by molar-refractivity contribution is -0.917. The van der Waals surface area contributed by atoms with Gasteiger partial charge in [0.1, 0.15) is 12.3 Å². The Bertz CT molecular complexity index is 972. The number of sulfonamides is 1. The van der Waals surface area contributed by atoms with Crippen molar-refractivity contribution in [1.82, 2.24) is 4.31 Å². The lowest BCUT2D eigenvalue weighted by Gasteiger charge is -2.31. The van der Waals surface area contributed by atoms with Gasteiger partial charge in [-0.3, -0.25) is 4.79 Å². The molecule has 1 aliphatic heterocycles. The summed E-state index contributed by atoms with van der Waals surface area (Å²) >= 11 is 3.51. The summed E-state index contributed by atoms with van der Waals surface area (Å²) in [6, 6.07) is 12.3. The Kier molecular flexibility index (Phi) is 6.94. The van der Waals surface area contributed by atoms with Crippen LogP contribution in [0, 0.1) is 0 Å². The first kappa shape index (κ1) is 21.8. The van der Waals surface area contributed by atoms with Gasteiger partial charge in [-0.1, -0.05) is 0 Å². The number of carbonyl (C=O) groups excluding carboxylic acids is 1. The first-order valence-electron chi connectivity index (χ1n) is 9.33. The van der Waals surface area contributed by atoms with Crippen molar-refractivity contribution in [2.75, 3.05) is 38.6 Å². The predicted octanol–water partition coefficient (Wildman–Crippen LogP) is 1.51. The van der Waals surface area contributed by atoms with E-state index in [1.165, 1.54) is 33.8 Å². The Morgan fingerprint density at radius 1 is 1.17 bits per heavy atom. The monoisotopic (exact) mass is 482 g/mol. The molecule has 9 heteroatoms. The van der Waals surface area contributed by atoms with Crippen molar-refractivity contribution in [2.45, 2.75) is 18.4 Å². The van der Waals surface area contributed by atoms with Crippen LogP contribution in [0.2, 0.25) is 0 Å². The molecule has 3 rings (SSSR count). The van der Waals surface area contributed by atoms with Crippen LogP contribution in [0.1, 0.15) is 12.5 Å². The Morgan fingerprint density at radius 2 is 1.83 bits per heavy atom. The van der Waals surface area contributed by atoms with Gasteiger partial charge in [0.05, 0.1) is 42.7 Å². The van der Waals surface area contributed by atoms with E-state index in [1.807, 2.05) is 18.2 Å². The summed E-state index contributed by atoms with van der Waals surface area (Å²) in [5, 5.41) is 2.64. The average Bonchev–Trinajstić information content (AvgIpc) is 2.68. The maximum Gasteiger partial charge on any atom is 0.243 e. The third-order valence-electron chi connectivity index (χ3n) is 4.91. The number of hydrogen-bond donors (Lipinski definition) is 2. The largest absolute Gasteiger partial charge is 0.496 e. The van der Waals surface area contributed by atoms with Crippen molar-refractivity contribution in [3.63, 3.8) is 0 Å². The van der Waals surface area contributed by atoms with Gasteiger partial charge >= 0.3 is 0 Å². The second kappa shape index (κ2) is 9.25. The molecule has 0 aromatic heterocycles. The minimum atomic E-state index is -3.54. The van der Waals surface area contributed by atoms with Gasteiger partial charge in [-0.05, 0) is 58.4 Å². The van der Waals surface area contributed by atoms with E-state index in [4.69, 9.17) is 4.74 Å². The summed E-state index contributed by atoms with van der Waals surface area (Å²) in [7, 11) is -1.90. The summed E-state index contributed by atoms with van der Waals surface area (Å²) in [5.41, 5.74) is 1.76. The highest BCUT2D eigenvalue weighted by Crippen LogP contribution is 2.25. The minimum absolute atomic E-state index is 0.191. The third-order valence-corrected chi connectivity index (χ3v) is 7.44. The van der Waals surface area contributed by atoms with E-state index in [9.17, 15) is 13.2 Å². The topological polar surface area (TPSA) is 80.2 Å². The quantitative estimate of drug-likeness (QED) is 0.653. The van der Waals surface area contributed by atoms with E-state index in [0.717, 1.165) is 29.9 Å². The molecule has 1 saturated heterocycles. The van der Waals surface area contributed by atoms with Crippen LogP contribution < -0.4 is 15.0 Å². The van der Waals surface area contributed by atoms with Crippen LogP contribution in [0.3, 0.4) is 0 Å².